The fourth-order valence-corrected chi connectivity index (χ4v) is 3.11. The Morgan fingerprint density at radius 3 is 2.38 bits per heavy atom. The topological polar surface area (TPSA) is 88.0 Å². The Kier molecular flexibility index (Phi) is 4.73. The van der Waals surface area contributed by atoms with E-state index in [2.05, 4.69) is 9.97 Å². The predicted molar refractivity (Wildman–Crippen MR) is 103 cm³/mol. The Morgan fingerprint density at radius 1 is 1.19 bits per heavy atom. The van der Waals surface area contributed by atoms with E-state index in [-0.39, 0.29) is 5.56 Å². The van der Waals surface area contributed by atoms with Crippen LogP contribution < -0.4 is 11.0 Å². The van der Waals surface area contributed by atoms with Crippen molar-refractivity contribution in [3.05, 3.63) is 40.2 Å². The molecule has 0 spiro atoms. The number of rotatable bonds is 3. The van der Waals surface area contributed by atoms with Crippen molar-refractivity contribution in [3.63, 3.8) is 0 Å². The van der Waals surface area contributed by atoms with Gasteiger partial charge in [0.25, 0.3) is 5.56 Å². The Balaban J connectivity index is 2.18. The lowest BCUT2D eigenvalue weighted by molar-refractivity contribution is 0.00578. The van der Waals surface area contributed by atoms with Crippen LogP contribution in [0.1, 0.15) is 33.3 Å². The fraction of sp³-hybridized carbons (Fsp3) is 0.389. The maximum atomic E-state index is 12.3. The molecule has 1 aromatic carbocycles. The highest BCUT2D eigenvalue weighted by Gasteiger charge is 2.52. The smallest absolute Gasteiger partial charge is 0.399 e. The lowest BCUT2D eigenvalue weighted by Crippen LogP contribution is -2.41. The number of hydrogen-bond acceptors (Lipinski definition) is 6. The Hall–Kier alpha value is -2.08. The summed E-state index contributed by atoms with van der Waals surface area (Å²) in [7, 11) is -0.610. The van der Waals surface area contributed by atoms with Gasteiger partial charge in [0, 0.05) is 5.56 Å². The van der Waals surface area contributed by atoms with Crippen LogP contribution in [-0.4, -0.2) is 34.5 Å². The first-order valence-electron chi connectivity index (χ1n) is 8.23. The SMILES string of the molecule is CSc1nc(-c2ccccc2B2OC(C)(C)C(C)(C)O2)c(C#N)c(=O)[nH]1. The van der Waals surface area contributed by atoms with Crippen LogP contribution in [0.3, 0.4) is 0 Å². The second kappa shape index (κ2) is 6.58. The average Bonchev–Trinajstić information content (AvgIpc) is 2.81. The van der Waals surface area contributed by atoms with Gasteiger partial charge in [-0.3, -0.25) is 4.79 Å². The van der Waals surface area contributed by atoms with Crippen molar-refractivity contribution in [1.29, 1.82) is 5.26 Å². The van der Waals surface area contributed by atoms with E-state index in [1.165, 1.54) is 11.8 Å². The van der Waals surface area contributed by atoms with Gasteiger partial charge in [0.2, 0.25) is 0 Å². The Bertz CT molecular complexity index is 933. The highest BCUT2D eigenvalue weighted by atomic mass is 32.2. The van der Waals surface area contributed by atoms with Gasteiger partial charge >= 0.3 is 7.12 Å². The van der Waals surface area contributed by atoms with Crippen molar-refractivity contribution in [1.82, 2.24) is 9.97 Å². The summed E-state index contributed by atoms with van der Waals surface area (Å²) in [5.41, 5.74) is 0.281. The maximum absolute atomic E-state index is 12.3. The molecule has 0 unspecified atom stereocenters. The molecule has 0 saturated carbocycles. The van der Waals surface area contributed by atoms with Gasteiger partial charge in [0.1, 0.15) is 11.6 Å². The molecule has 0 radical (unpaired) electrons. The zero-order valence-corrected chi connectivity index (χ0v) is 16.2. The molecule has 1 aromatic heterocycles. The number of thioether (sulfide) groups is 1. The van der Waals surface area contributed by atoms with Gasteiger partial charge in [0.05, 0.1) is 16.9 Å². The van der Waals surface area contributed by atoms with E-state index >= 15 is 0 Å². The second-order valence-electron chi connectivity index (χ2n) is 7.09. The predicted octanol–water partition coefficient (Wildman–Crippen LogP) is 2.33. The molecule has 134 valence electrons. The molecule has 0 bridgehead atoms. The highest BCUT2D eigenvalue weighted by Crippen LogP contribution is 2.37. The molecule has 26 heavy (non-hydrogen) atoms. The van der Waals surface area contributed by atoms with Crippen LogP contribution in [0.15, 0.2) is 34.2 Å². The van der Waals surface area contributed by atoms with E-state index < -0.39 is 23.9 Å². The molecule has 0 amide bonds. The van der Waals surface area contributed by atoms with Gasteiger partial charge in [-0.1, -0.05) is 36.0 Å². The van der Waals surface area contributed by atoms with Gasteiger partial charge in [-0.25, -0.2) is 4.98 Å². The summed E-state index contributed by atoms with van der Waals surface area (Å²) in [6.07, 6.45) is 1.81. The minimum Gasteiger partial charge on any atom is -0.399 e. The molecule has 1 aliphatic heterocycles. The van der Waals surface area contributed by atoms with Crippen molar-refractivity contribution < 1.29 is 9.31 Å². The number of nitrogens with zero attached hydrogens (tertiary/aromatic N) is 2. The monoisotopic (exact) mass is 369 g/mol. The van der Waals surface area contributed by atoms with Crippen LogP contribution in [-0.2, 0) is 9.31 Å². The van der Waals surface area contributed by atoms with Crippen molar-refractivity contribution >= 4 is 24.3 Å². The third-order valence-electron chi connectivity index (χ3n) is 4.93. The van der Waals surface area contributed by atoms with Gasteiger partial charge in [-0.05, 0) is 39.4 Å². The Labute approximate surface area is 157 Å². The summed E-state index contributed by atoms with van der Waals surface area (Å²) in [5.74, 6) is 0. The molecule has 1 saturated heterocycles. The fourth-order valence-electron chi connectivity index (χ4n) is 2.74. The van der Waals surface area contributed by atoms with Crippen LogP contribution >= 0.6 is 11.8 Å². The average molecular weight is 369 g/mol. The minimum absolute atomic E-state index is 0.0215. The molecule has 2 aromatic rings. The third kappa shape index (κ3) is 3.07. The number of aromatic amines is 1. The number of aromatic nitrogens is 2. The molecule has 2 heterocycles. The molecule has 3 rings (SSSR count). The Morgan fingerprint density at radius 2 is 1.81 bits per heavy atom. The van der Waals surface area contributed by atoms with Crippen molar-refractivity contribution in [3.8, 4) is 17.3 Å². The first-order chi connectivity index (χ1) is 12.2. The summed E-state index contributed by atoms with van der Waals surface area (Å²) in [5, 5.41) is 9.92. The van der Waals surface area contributed by atoms with E-state index in [0.717, 1.165) is 5.46 Å². The summed E-state index contributed by atoms with van der Waals surface area (Å²) < 4.78 is 12.3. The molecule has 0 aliphatic carbocycles. The van der Waals surface area contributed by atoms with Gasteiger partial charge in [0.15, 0.2) is 5.16 Å². The lowest BCUT2D eigenvalue weighted by atomic mass is 9.75. The molecule has 8 heteroatoms. The number of nitrogens with one attached hydrogen (secondary N) is 1. The molecule has 1 N–H and O–H groups in total. The van der Waals surface area contributed by atoms with Crippen molar-refractivity contribution in [2.45, 2.75) is 44.1 Å². The zero-order chi connectivity index (χ0) is 19.1. The summed E-state index contributed by atoms with van der Waals surface area (Å²) >= 11 is 1.31. The van der Waals surface area contributed by atoms with Crippen molar-refractivity contribution in [2.75, 3.05) is 6.26 Å². The van der Waals surface area contributed by atoms with Crippen LogP contribution in [0.4, 0.5) is 0 Å². The summed E-state index contributed by atoms with van der Waals surface area (Å²) in [6.45, 7) is 7.92. The molecule has 1 fully saturated rings. The van der Waals surface area contributed by atoms with Gasteiger partial charge in [-0.2, -0.15) is 5.26 Å². The van der Waals surface area contributed by atoms with Gasteiger partial charge < -0.3 is 14.3 Å². The molecule has 6 nitrogen and oxygen atoms in total. The minimum atomic E-state index is -0.610. The maximum Gasteiger partial charge on any atom is 0.495 e. The van der Waals surface area contributed by atoms with Crippen LogP contribution in [0, 0.1) is 11.3 Å². The number of H-pyrrole nitrogens is 1. The number of benzene rings is 1. The van der Waals surface area contributed by atoms with Crippen molar-refractivity contribution in [2.24, 2.45) is 0 Å². The normalized spacial score (nSPS) is 17.9. The largest absolute Gasteiger partial charge is 0.495 e. The van der Waals surface area contributed by atoms with E-state index in [9.17, 15) is 10.1 Å². The second-order valence-corrected chi connectivity index (χ2v) is 7.88. The summed E-state index contributed by atoms with van der Waals surface area (Å²) in [6, 6.07) is 9.38. The van der Waals surface area contributed by atoms with Crippen LogP contribution in [0.2, 0.25) is 0 Å². The van der Waals surface area contributed by atoms with Gasteiger partial charge in [-0.15, -0.1) is 0 Å². The van der Waals surface area contributed by atoms with Crippen LogP contribution in [0.25, 0.3) is 11.3 Å². The zero-order valence-electron chi connectivity index (χ0n) is 15.4. The van der Waals surface area contributed by atoms with E-state index in [4.69, 9.17) is 9.31 Å². The van der Waals surface area contributed by atoms with Crippen LogP contribution in [0.5, 0.6) is 0 Å². The highest BCUT2D eigenvalue weighted by molar-refractivity contribution is 7.98. The quantitative estimate of drug-likeness (QED) is 0.508. The van der Waals surface area contributed by atoms with E-state index in [0.29, 0.717) is 16.4 Å². The molecular formula is C18H20BN3O3S. The third-order valence-corrected chi connectivity index (χ3v) is 5.51. The standard InChI is InChI=1S/C18H20BN3O3S/c1-17(2)18(3,4)25-19(24-17)13-9-7-6-8-11(13)14-12(10-20)15(23)22-16(21-14)26-5/h6-9H,1-5H3,(H,21,22,23). The molecular weight excluding hydrogens is 349 g/mol. The van der Waals surface area contributed by atoms with E-state index in [1.807, 2.05) is 64.3 Å². The van der Waals surface area contributed by atoms with E-state index in [1.54, 1.807) is 0 Å². The molecule has 0 atom stereocenters. The number of nitriles is 1. The summed E-state index contributed by atoms with van der Waals surface area (Å²) in [4.78, 5) is 19.4. The molecule has 1 aliphatic rings. The first kappa shape index (κ1) is 18.7. The number of hydrogen-bond donors (Lipinski definition) is 1. The first-order valence-corrected chi connectivity index (χ1v) is 9.46. The lowest BCUT2D eigenvalue weighted by Gasteiger charge is -2.32.